The summed E-state index contributed by atoms with van der Waals surface area (Å²) in [7, 11) is 0. The highest BCUT2D eigenvalue weighted by molar-refractivity contribution is 7.09. The molecule has 0 bridgehead atoms. The Labute approximate surface area is 96.9 Å². The number of hydrogen-bond donors (Lipinski definition) is 2. The van der Waals surface area contributed by atoms with E-state index in [-0.39, 0.29) is 5.41 Å². The van der Waals surface area contributed by atoms with Gasteiger partial charge in [-0.2, -0.15) is 0 Å². The van der Waals surface area contributed by atoms with Crippen LogP contribution in [0, 0.1) is 5.41 Å². The third-order valence-corrected chi connectivity index (χ3v) is 4.25. The molecule has 15 heavy (non-hydrogen) atoms. The van der Waals surface area contributed by atoms with E-state index in [1.54, 1.807) is 0 Å². The lowest BCUT2D eigenvalue weighted by atomic mass is 9.80. The number of nitrogens with two attached hydrogens (primary N) is 1. The summed E-state index contributed by atoms with van der Waals surface area (Å²) in [6, 6.07) is 4.69. The fraction of sp³-hybridized carbons (Fsp3) is 0.667. The number of nitrogens with one attached hydrogen (secondary N) is 1. The van der Waals surface area contributed by atoms with Crippen LogP contribution in [0.15, 0.2) is 17.5 Å². The zero-order valence-electron chi connectivity index (χ0n) is 9.92. The van der Waals surface area contributed by atoms with Crippen LogP contribution in [0.2, 0.25) is 0 Å². The van der Waals surface area contributed by atoms with Crippen molar-refractivity contribution in [2.45, 2.75) is 46.1 Å². The van der Waals surface area contributed by atoms with Crippen molar-refractivity contribution in [3.8, 4) is 0 Å². The highest BCUT2D eigenvalue weighted by Gasteiger charge is 2.26. The van der Waals surface area contributed by atoms with Crippen molar-refractivity contribution < 1.29 is 0 Å². The first-order valence-electron chi connectivity index (χ1n) is 5.58. The first-order valence-corrected chi connectivity index (χ1v) is 6.46. The van der Waals surface area contributed by atoms with Gasteiger partial charge in [0.2, 0.25) is 0 Å². The van der Waals surface area contributed by atoms with Crippen molar-refractivity contribution >= 4 is 11.3 Å². The van der Waals surface area contributed by atoms with Gasteiger partial charge in [-0.05, 0) is 36.1 Å². The van der Waals surface area contributed by atoms with Crippen LogP contribution in [-0.2, 0) is 6.42 Å². The zero-order chi connectivity index (χ0) is 11.3. The minimum absolute atomic E-state index is 0.270. The van der Waals surface area contributed by atoms with E-state index in [0.29, 0.717) is 6.04 Å². The number of rotatable bonds is 6. The van der Waals surface area contributed by atoms with Crippen molar-refractivity contribution in [3.63, 3.8) is 0 Å². The van der Waals surface area contributed by atoms with Crippen LogP contribution in [0.4, 0.5) is 0 Å². The van der Waals surface area contributed by atoms with Gasteiger partial charge in [-0.1, -0.05) is 26.8 Å². The summed E-state index contributed by atoms with van der Waals surface area (Å²) < 4.78 is 0. The zero-order valence-corrected chi connectivity index (χ0v) is 10.7. The van der Waals surface area contributed by atoms with E-state index in [1.807, 2.05) is 11.3 Å². The van der Waals surface area contributed by atoms with Gasteiger partial charge in [0.15, 0.2) is 0 Å². The summed E-state index contributed by atoms with van der Waals surface area (Å²) in [4.78, 5) is 1.45. The van der Waals surface area contributed by atoms with Gasteiger partial charge in [0.05, 0.1) is 0 Å². The molecule has 0 spiro atoms. The van der Waals surface area contributed by atoms with E-state index in [9.17, 15) is 0 Å². The first-order chi connectivity index (χ1) is 7.10. The highest BCUT2D eigenvalue weighted by Crippen LogP contribution is 2.27. The molecule has 0 aromatic carbocycles. The van der Waals surface area contributed by atoms with Gasteiger partial charge in [-0.25, -0.2) is 0 Å². The molecule has 2 nitrogen and oxygen atoms in total. The average Bonchev–Trinajstić information content (AvgIpc) is 2.71. The fourth-order valence-electron chi connectivity index (χ4n) is 1.69. The molecule has 0 saturated carbocycles. The summed E-state index contributed by atoms with van der Waals surface area (Å²) in [5, 5.41) is 2.13. The molecule has 1 atom stereocenters. The van der Waals surface area contributed by atoms with Gasteiger partial charge in [-0.15, -0.1) is 11.3 Å². The fourth-order valence-corrected chi connectivity index (χ4v) is 2.41. The van der Waals surface area contributed by atoms with Gasteiger partial charge in [0, 0.05) is 10.9 Å². The molecule has 0 amide bonds. The van der Waals surface area contributed by atoms with Gasteiger partial charge in [0.25, 0.3) is 0 Å². The van der Waals surface area contributed by atoms with E-state index in [4.69, 9.17) is 5.84 Å². The molecular weight excluding hydrogens is 204 g/mol. The van der Waals surface area contributed by atoms with Gasteiger partial charge < -0.3 is 0 Å². The molecule has 0 saturated heterocycles. The largest absolute Gasteiger partial charge is 0.271 e. The van der Waals surface area contributed by atoms with Gasteiger partial charge in [0.1, 0.15) is 0 Å². The molecule has 3 heteroatoms. The van der Waals surface area contributed by atoms with Crippen LogP contribution in [0.5, 0.6) is 0 Å². The van der Waals surface area contributed by atoms with E-state index >= 15 is 0 Å². The maximum absolute atomic E-state index is 5.63. The van der Waals surface area contributed by atoms with Crippen LogP contribution in [-0.4, -0.2) is 6.04 Å². The smallest absolute Gasteiger partial charge is 0.0264 e. The number of hydrogen-bond acceptors (Lipinski definition) is 3. The lowest BCUT2D eigenvalue weighted by Crippen LogP contribution is -2.45. The molecule has 0 aliphatic heterocycles. The third-order valence-electron chi connectivity index (χ3n) is 3.32. The summed E-state index contributed by atoms with van der Waals surface area (Å²) in [5.41, 5.74) is 3.23. The van der Waals surface area contributed by atoms with Crippen LogP contribution in [0.3, 0.4) is 0 Å². The molecule has 1 aromatic rings. The maximum Gasteiger partial charge on any atom is 0.0264 e. The van der Waals surface area contributed by atoms with Crippen LogP contribution in [0.25, 0.3) is 0 Å². The average molecular weight is 226 g/mol. The molecular formula is C12H22N2S. The molecule has 0 radical (unpaired) electrons. The Morgan fingerprint density at radius 3 is 2.73 bits per heavy atom. The Morgan fingerprint density at radius 1 is 1.53 bits per heavy atom. The number of aryl methyl sites for hydroxylation is 1. The standard InChI is InChI=1S/C12H22N2S/c1-4-12(2,3)11(14-13)8-7-10-6-5-9-15-10/h5-6,9,11,14H,4,7-8,13H2,1-3H3. The van der Waals surface area contributed by atoms with Crippen molar-refractivity contribution in [1.29, 1.82) is 0 Å². The summed E-state index contributed by atoms with van der Waals surface area (Å²) in [5.74, 6) is 5.63. The van der Waals surface area contributed by atoms with E-state index < -0.39 is 0 Å². The lowest BCUT2D eigenvalue weighted by molar-refractivity contribution is 0.222. The Hall–Kier alpha value is -0.380. The van der Waals surface area contributed by atoms with Crippen LogP contribution < -0.4 is 11.3 Å². The minimum atomic E-state index is 0.270. The Balaban J connectivity index is 2.47. The van der Waals surface area contributed by atoms with Crippen molar-refractivity contribution in [2.24, 2.45) is 11.3 Å². The van der Waals surface area contributed by atoms with Gasteiger partial charge >= 0.3 is 0 Å². The summed E-state index contributed by atoms with van der Waals surface area (Å²) in [6.45, 7) is 6.76. The monoisotopic (exact) mass is 226 g/mol. The predicted molar refractivity (Wildman–Crippen MR) is 67.8 cm³/mol. The van der Waals surface area contributed by atoms with Gasteiger partial charge in [-0.3, -0.25) is 11.3 Å². The molecule has 86 valence electrons. The first kappa shape index (κ1) is 12.7. The second-order valence-electron chi connectivity index (χ2n) is 4.68. The number of thiophene rings is 1. The minimum Gasteiger partial charge on any atom is -0.271 e. The third kappa shape index (κ3) is 3.59. The summed E-state index contributed by atoms with van der Waals surface area (Å²) in [6.07, 6.45) is 3.38. The highest BCUT2D eigenvalue weighted by atomic mass is 32.1. The van der Waals surface area contributed by atoms with Crippen LogP contribution >= 0.6 is 11.3 Å². The molecule has 1 rings (SSSR count). The van der Waals surface area contributed by atoms with Crippen molar-refractivity contribution in [1.82, 2.24) is 5.43 Å². The SMILES string of the molecule is CCC(C)(C)C(CCc1cccs1)NN. The Morgan fingerprint density at radius 2 is 2.27 bits per heavy atom. The second kappa shape index (κ2) is 5.64. The topological polar surface area (TPSA) is 38.0 Å². The number of hydrazine groups is 1. The quantitative estimate of drug-likeness (QED) is 0.578. The molecule has 1 aromatic heterocycles. The molecule has 0 aliphatic carbocycles. The predicted octanol–water partition coefficient (Wildman–Crippen LogP) is 2.95. The molecule has 1 unspecified atom stereocenters. The molecule has 1 heterocycles. The van der Waals surface area contributed by atoms with E-state index in [0.717, 1.165) is 19.3 Å². The van der Waals surface area contributed by atoms with Crippen molar-refractivity contribution in [2.75, 3.05) is 0 Å². The van der Waals surface area contributed by atoms with Crippen molar-refractivity contribution in [3.05, 3.63) is 22.4 Å². The molecule has 3 N–H and O–H groups in total. The Kier molecular flexibility index (Phi) is 4.77. The Bertz CT molecular complexity index is 267. The summed E-state index contributed by atoms with van der Waals surface area (Å²) >= 11 is 1.83. The van der Waals surface area contributed by atoms with Crippen LogP contribution in [0.1, 0.15) is 38.5 Å². The molecule has 0 fully saturated rings. The maximum atomic E-state index is 5.63. The second-order valence-corrected chi connectivity index (χ2v) is 5.71. The normalized spacial score (nSPS) is 14.1. The molecule has 0 aliphatic rings. The van der Waals surface area contributed by atoms with E-state index in [1.165, 1.54) is 4.88 Å². The van der Waals surface area contributed by atoms with E-state index in [2.05, 4.69) is 43.7 Å². The lowest BCUT2D eigenvalue weighted by Gasteiger charge is -2.32.